The highest BCUT2D eigenvalue weighted by Crippen LogP contribution is 2.50. The van der Waals surface area contributed by atoms with Crippen LogP contribution in [0.2, 0.25) is 0 Å². The molecule has 0 saturated carbocycles. The van der Waals surface area contributed by atoms with Gasteiger partial charge >= 0.3 is 0 Å². The van der Waals surface area contributed by atoms with Gasteiger partial charge in [-0.25, -0.2) is 9.97 Å². The van der Waals surface area contributed by atoms with Crippen LogP contribution in [0.4, 0.5) is 0 Å². The number of benzene rings is 7. The Bertz CT molecular complexity index is 3370. The van der Waals surface area contributed by atoms with Crippen molar-refractivity contribution in [3.8, 4) is 107 Å². The van der Waals surface area contributed by atoms with Gasteiger partial charge in [0.25, 0.3) is 0 Å². The third kappa shape index (κ3) is 7.48. The lowest BCUT2D eigenvalue weighted by Crippen LogP contribution is -2.15. The van der Waals surface area contributed by atoms with Crippen LogP contribution in [-0.4, -0.2) is 19.9 Å². The number of pyridine rings is 2. The minimum absolute atomic E-state index is 0.301. The fourth-order valence-electron chi connectivity index (χ4n) is 9.18. The standard InChI is InChI=1S/C60H41N5/c1-60(2)53-29-39(38-61)19-25-51(53)52-26-24-44(36-54(52)60)45-30-46(47-32-48(55-17-9-11-27-62-55)35-49(33-47)56-18-10-12-28-63-56)34-50(31-45)58-37-57(64-59(65-58)43-15-7-4-8-16-43)42-22-20-41(21-23-42)40-13-5-3-6-14-40/h3-37H,1-2H3. The van der Waals surface area contributed by atoms with Crippen LogP contribution < -0.4 is 0 Å². The lowest BCUT2D eigenvalue weighted by molar-refractivity contribution is 0.660. The Morgan fingerprint density at radius 3 is 1.38 bits per heavy atom. The first-order valence-electron chi connectivity index (χ1n) is 21.8. The zero-order valence-electron chi connectivity index (χ0n) is 35.9. The Morgan fingerprint density at radius 1 is 0.354 bits per heavy atom. The maximum absolute atomic E-state index is 9.80. The summed E-state index contributed by atoms with van der Waals surface area (Å²) in [7, 11) is 0. The second kappa shape index (κ2) is 16.3. The van der Waals surface area contributed by atoms with Gasteiger partial charge < -0.3 is 0 Å². The first-order chi connectivity index (χ1) is 31.9. The van der Waals surface area contributed by atoms with E-state index in [9.17, 15) is 5.26 Å². The van der Waals surface area contributed by atoms with Crippen LogP contribution in [0.1, 0.15) is 30.5 Å². The molecular weight excluding hydrogens is 791 g/mol. The average molecular weight is 832 g/mol. The van der Waals surface area contributed by atoms with Gasteiger partial charge in [-0.3, -0.25) is 9.97 Å². The molecule has 0 unspecified atom stereocenters. The van der Waals surface area contributed by atoms with Gasteiger partial charge in [0.1, 0.15) is 0 Å². The lowest BCUT2D eigenvalue weighted by atomic mass is 9.81. The summed E-state index contributed by atoms with van der Waals surface area (Å²) < 4.78 is 0. The first kappa shape index (κ1) is 39.3. The van der Waals surface area contributed by atoms with E-state index in [0.717, 1.165) is 78.4 Å². The van der Waals surface area contributed by atoms with Crippen molar-refractivity contribution in [3.63, 3.8) is 0 Å². The molecule has 0 atom stereocenters. The Morgan fingerprint density at radius 2 is 0.800 bits per heavy atom. The van der Waals surface area contributed by atoms with Gasteiger partial charge in [0.15, 0.2) is 5.82 Å². The van der Waals surface area contributed by atoms with E-state index in [1.807, 2.05) is 85.2 Å². The first-order valence-corrected chi connectivity index (χ1v) is 21.8. The van der Waals surface area contributed by atoms with Gasteiger partial charge in [0.05, 0.1) is 34.4 Å². The molecule has 306 valence electrons. The van der Waals surface area contributed by atoms with Crippen LogP contribution >= 0.6 is 0 Å². The smallest absolute Gasteiger partial charge is 0.160 e. The van der Waals surface area contributed by atoms with E-state index >= 15 is 0 Å². The van der Waals surface area contributed by atoms with E-state index in [2.05, 4.69) is 147 Å². The van der Waals surface area contributed by atoms with Gasteiger partial charge in [-0.05, 0) is 141 Å². The average Bonchev–Trinajstić information content (AvgIpc) is 3.61. The molecule has 0 spiro atoms. The molecule has 0 bridgehead atoms. The van der Waals surface area contributed by atoms with Crippen LogP contribution in [0.15, 0.2) is 213 Å². The van der Waals surface area contributed by atoms with Crippen molar-refractivity contribution in [1.82, 2.24) is 19.9 Å². The molecule has 7 aromatic carbocycles. The molecule has 0 saturated heterocycles. The number of nitriles is 1. The fourth-order valence-corrected chi connectivity index (χ4v) is 9.18. The van der Waals surface area contributed by atoms with E-state index in [1.165, 1.54) is 27.8 Å². The summed E-state index contributed by atoms with van der Waals surface area (Å²) in [5, 5.41) is 9.80. The van der Waals surface area contributed by atoms with Crippen molar-refractivity contribution in [1.29, 1.82) is 5.26 Å². The minimum atomic E-state index is -0.301. The van der Waals surface area contributed by atoms with Gasteiger partial charge in [-0.2, -0.15) is 5.26 Å². The number of aromatic nitrogens is 4. The molecule has 0 radical (unpaired) electrons. The van der Waals surface area contributed by atoms with Crippen molar-refractivity contribution >= 4 is 0 Å². The lowest BCUT2D eigenvalue weighted by Gasteiger charge is -2.22. The number of nitrogens with zero attached hydrogens (tertiary/aromatic N) is 5. The molecule has 65 heavy (non-hydrogen) atoms. The molecule has 10 aromatic rings. The van der Waals surface area contributed by atoms with E-state index in [0.29, 0.717) is 11.4 Å². The SMILES string of the molecule is CC1(C)c2cc(C#N)ccc2-c2ccc(-c3cc(-c4cc(-c5ccccn5)cc(-c5ccccn5)c4)cc(-c4cc(-c5ccc(-c6ccccc6)cc5)nc(-c5ccccc5)n4)c3)cc21. The summed E-state index contributed by atoms with van der Waals surface area (Å²) in [6.45, 7) is 4.51. The van der Waals surface area contributed by atoms with Crippen LogP contribution in [0, 0.1) is 11.3 Å². The molecule has 11 rings (SSSR count). The van der Waals surface area contributed by atoms with Crippen LogP contribution in [0.5, 0.6) is 0 Å². The highest BCUT2D eigenvalue weighted by molar-refractivity contribution is 5.88. The fraction of sp³-hybridized carbons (Fsp3) is 0.0500. The van der Waals surface area contributed by atoms with Gasteiger partial charge in [0, 0.05) is 45.6 Å². The van der Waals surface area contributed by atoms with E-state index in [4.69, 9.17) is 19.9 Å². The number of hydrogen-bond acceptors (Lipinski definition) is 5. The Labute approximate surface area is 379 Å². The largest absolute Gasteiger partial charge is 0.256 e. The number of hydrogen-bond donors (Lipinski definition) is 0. The molecule has 3 heterocycles. The van der Waals surface area contributed by atoms with E-state index < -0.39 is 0 Å². The van der Waals surface area contributed by atoms with Crippen LogP contribution in [0.3, 0.4) is 0 Å². The van der Waals surface area contributed by atoms with Crippen molar-refractivity contribution in [2.45, 2.75) is 19.3 Å². The summed E-state index contributed by atoms with van der Waals surface area (Å²) in [4.78, 5) is 20.1. The second-order valence-corrected chi connectivity index (χ2v) is 17.1. The Hall–Kier alpha value is -8.59. The molecule has 1 aliphatic rings. The zero-order valence-corrected chi connectivity index (χ0v) is 35.9. The third-order valence-corrected chi connectivity index (χ3v) is 12.6. The molecule has 0 fully saturated rings. The molecule has 3 aromatic heterocycles. The predicted octanol–water partition coefficient (Wildman–Crippen LogP) is 14.8. The highest BCUT2D eigenvalue weighted by Gasteiger charge is 2.36. The Balaban J connectivity index is 1.12. The zero-order chi connectivity index (χ0) is 43.9. The van der Waals surface area contributed by atoms with Crippen molar-refractivity contribution < 1.29 is 0 Å². The maximum Gasteiger partial charge on any atom is 0.160 e. The summed E-state index contributed by atoms with van der Waals surface area (Å²) >= 11 is 0. The third-order valence-electron chi connectivity index (χ3n) is 12.6. The number of rotatable bonds is 8. The molecule has 5 heteroatoms. The van der Waals surface area contributed by atoms with Crippen molar-refractivity contribution in [2.24, 2.45) is 0 Å². The summed E-state index contributed by atoms with van der Waals surface area (Å²) in [6.07, 6.45) is 3.67. The van der Waals surface area contributed by atoms with Gasteiger partial charge in [0.2, 0.25) is 0 Å². The van der Waals surface area contributed by atoms with Crippen molar-refractivity contribution in [3.05, 3.63) is 229 Å². The summed E-state index contributed by atoms with van der Waals surface area (Å²) in [6, 6.07) is 72.0. The molecule has 5 nitrogen and oxygen atoms in total. The molecule has 0 amide bonds. The normalized spacial score (nSPS) is 12.3. The molecular formula is C60H41N5. The van der Waals surface area contributed by atoms with Crippen LogP contribution in [0.25, 0.3) is 101 Å². The number of fused-ring (bicyclic) bond motifs is 3. The topological polar surface area (TPSA) is 75.3 Å². The molecule has 1 aliphatic carbocycles. The maximum atomic E-state index is 9.80. The van der Waals surface area contributed by atoms with E-state index in [-0.39, 0.29) is 5.41 Å². The van der Waals surface area contributed by atoms with Crippen molar-refractivity contribution in [2.75, 3.05) is 0 Å². The molecule has 0 aliphatic heterocycles. The molecule has 0 N–H and O–H groups in total. The predicted molar refractivity (Wildman–Crippen MR) is 263 cm³/mol. The minimum Gasteiger partial charge on any atom is -0.256 e. The van der Waals surface area contributed by atoms with Crippen LogP contribution in [-0.2, 0) is 5.41 Å². The monoisotopic (exact) mass is 831 g/mol. The summed E-state index contributed by atoms with van der Waals surface area (Å²) in [5.74, 6) is 0.653. The highest BCUT2D eigenvalue weighted by atomic mass is 14.9. The summed E-state index contributed by atoms with van der Waals surface area (Å²) in [5.41, 5.74) is 20.0. The Kier molecular flexibility index (Phi) is 9.83. The van der Waals surface area contributed by atoms with Gasteiger partial charge in [-0.15, -0.1) is 0 Å². The second-order valence-electron chi connectivity index (χ2n) is 17.1. The van der Waals surface area contributed by atoms with E-state index in [1.54, 1.807) is 0 Å². The van der Waals surface area contributed by atoms with Gasteiger partial charge in [-0.1, -0.05) is 129 Å². The quantitative estimate of drug-likeness (QED) is 0.152.